The van der Waals surface area contributed by atoms with Gasteiger partial charge < -0.3 is 5.11 Å². The summed E-state index contributed by atoms with van der Waals surface area (Å²) < 4.78 is 1.91. The Morgan fingerprint density at radius 2 is 2.20 bits per heavy atom. The summed E-state index contributed by atoms with van der Waals surface area (Å²) in [7, 11) is 0. The molecule has 1 atom stereocenters. The number of nitrogens with zero attached hydrogens (tertiary/aromatic N) is 3. The third kappa shape index (κ3) is 4.00. The molecule has 1 aromatic rings. The first-order chi connectivity index (χ1) is 7.27. The summed E-state index contributed by atoms with van der Waals surface area (Å²) in [5.74, 6) is 1.03. The molecule has 4 nitrogen and oxygen atoms in total. The van der Waals surface area contributed by atoms with E-state index in [0.717, 1.165) is 44.5 Å². The number of aliphatic hydroxyl groups excluding tert-OH is 1. The summed E-state index contributed by atoms with van der Waals surface area (Å²) in [6.45, 7) is 5.02. The van der Waals surface area contributed by atoms with E-state index in [2.05, 4.69) is 23.9 Å². The zero-order valence-electron chi connectivity index (χ0n) is 9.69. The van der Waals surface area contributed by atoms with E-state index in [4.69, 9.17) is 0 Å². The van der Waals surface area contributed by atoms with Gasteiger partial charge in [0.15, 0.2) is 0 Å². The Morgan fingerprint density at radius 1 is 1.40 bits per heavy atom. The summed E-state index contributed by atoms with van der Waals surface area (Å²) in [6, 6.07) is 0. The molecule has 1 rings (SSSR count). The van der Waals surface area contributed by atoms with Crippen molar-refractivity contribution in [3.63, 3.8) is 0 Å². The van der Waals surface area contributed by atoms with E-state index in [-0.39, 0.29) is 6.10 Å². The number of aryl methyl sites for hydroxylation is 2. The van der Waals surface area contributed by atoms with E-state index in [0.29, 0.717) is 0 Å². The van der Waals surface area contributed by atoms with E-state index >= 15 is 0 Å². The molecule has 4 heteroatoms. The number of aliphatic hydroxyl groups is 1. The van der Waals surface area contributed by atoms with Gasteiger partial charge in [0.2, 0.25) is 0 Å². The summed E-state index contributed by atoms with van der Waals surface area (Å²) in [6.07, 6.45) is 6.17. The minimum absolute atomic E-state index is 0.145. The first kappa shape index (κ1) is 12.2. The van der Waals surface area contributed by atoms with Crippen LogP contribution in [0.3, 0.4) is 0 Å². The van der Waals surface area contributed by atoms with Gasteiger partial charge in [0.1, 0.15) is 12.2 Å². The largest absolute Gasteiger partial charge is 0.393 e. The second kappa shape index (κ2) is 6.56. The van der Waals surface area contributed by atoms with Gasteiger partial charge in [-0.3, -0.25) is 4.68 Å². The summed E-state index contributed by atoms with van der Waals surface area (Å²) in [5, 5.41) is 13.7. The lowest BCUT2D eigenvalue weighted by Crippen LogP contribution is -2.08. The van der Waals surface area contributed by atoms with Crippen LogP contribution in [0.25, 0.3) is 0 Å². The number of rotatable bonds is 7. The highest BCUT2D eigenvalue weighted by Gasteiger charge is 2.05. The van der Waals surface area contributed by atoms with Gasteiger partial charge in [-0.2, -0.15) is 5.10 Å². The number of hydrogen-bond acceptors (Lipinski definition) is 3. The SMILES string of the molecule is CCCC(O)CCCc1ncnn1CC. The molecule has 86 valence electrons. The Morgan fingerprint density at radius 3 is 2.87 bits per heavy atom. The van der Waals surface area contributed by atoms with E-state index in [1.165, 1.54) is 0 Å². The lowest BCUT2D eigenvalue weighted by Gasteiger charge is -2.08. The van der Waals surface area contributed by atoms with E-state index in [1.54, 1.807) is 6.33 Å². The fourth-order valence-electron chi connectivity index (χ4n) is 1.72. The zero-order valence-corrected chi connectivity index (χ0v) is 9.69. The van der Waals surface area contributed by atoms with Gasteiger partial charge >= 0.3 is 0 Å². The van der Waals surface area contributed by atoms with Gasteiger partial charge in [0.25, 0.3) is 0 Å². The molecule has 0 aliphatic rings. The quantitative estimate of drug-likeness (QED) is 0.748. The smallest absolute Gasteiger partial charge is 0.138 e. The molecule has 0 aliphatic heterocycles. The highest BCUT2D eigenvalue weighted by atomic mass is 16.3. The van der Waals surface area contributed by atoms with Crippen LogP contribution in [0, 0.1) is 0 Å². The molecule has 0 fully saturated rings. The summed E-state index contributed by atoms with van der Waals surface area (Å²) in [4.78, 5) is 4.20. The van der Waals surface area contributed by atoms with Crippen LogP contribution >= 0.6 is 0 Å². The maximum Gasteiger partial charge on any atom is 0.138 e. The van der Waals surface area contributed by atoms with Gasteiger partial charge in [0.05, 0.1) is 6.10 Å². The third-order valence-corrected chi connectivity index (χ3v) is 2.55. The van der Waals surface area contributed by atoms with Crippen LogP contribution in [0.2, 0.25) is 0 Å². The minimum Gasteiger partial charge on any atom is -0.393 e. The molecular formula is C11H21N3O. The Bertz CT molecular complexity index is 273. The standard InChI is InChI=1S/C11H21N3O/c1-3-6-10(15)7-5-8-11-12-9-13-14(11)4-2/h9-10,15H,3-8H2,1-2H3. The molecule has 0 radical (unpaired) electrons. The predicted octanol–water partition coefficient (Wildman–Crippen LogP) is 1.78. The van der Waals surface area contributed by atoms with Crippen molar-refractivity contribution in [3.8, 4) is 0 Å². The van der Waals surface area contributed by atoms with Crippen LogP contribution in [0.1, 0.15) is 45.4 Å². The van der Waals surface area contributed by atoms with Gasteiger partial charge in [-0.1, -0.05) is 13.3 Å². The van der Waals surface area contributed by atoms with Crippen molar-refractivity contribution in [2.45, 2.75) is 58.6 Å². The molecule has 1 aromatic heterocycles. The minimum atomic E-state index is -0.145. The highest BCUT2D eigenvalue weighted by molar-refractivity contribution is 4.84. The zero-order chi connectivity index (χ0) is 11.1. The molecule has 0 aliphatic carbocycles. The Labute approximate surface area is 91.3 Å². The molecule has 1 unspecified atom stereocenters. The third-order valence-electron chi connectivity index (χ3n) is 2.55. The van der Waals surface area contributed by atoms with Crippen molar-refractivity contribution in [1.82, 2.24) is 14.8 Å². The maximum absolute atomic E-state index is 9.56. The van der Waals surface area contributed by atoms with Crippen molar-refractivity contribution in [1.29, 1.82) is 0 Å². The predicted molar refractivity (Wildman–Crippen MR) is 59.5 cm³/mol. The van der Waals surface area contributed by atoms with Crippen molar-refractivity contribution >= 4 is 0 Å². The van der Waals surface area contributed by atoms with E-state index < -0.39 is 0 Å². The first-order valence-corrected chi connectivity index (χ1v) is 5.82. The molecule has 0 saturated carbocycles. The lowest BCUT2D eigenvalue weighted by atomic mass is 10.1. The fraction of sp³-hybridized carbons (Fsp3) is 0.818. The average molecular weight is 211 g/mol. The van der Waals surface area contributed by atoms with Crippen LogP contribution in [0.4, 0.5) is 0 Å². The molecule has 0 aromatic carbocycles. The van der Waals surface area contributed by atoms with Gasteiger partial charge in [0, 0.05) is 13.0 Å². The van der Waals surface area contributed by atoms with E-state index in [1.807, 2.05) is 4.68 Å². The first-order valence-electron chi connectivity index (χ1n) is 5.82. The molecule has 0 saturated heterocycles. The molecule has 15 heavy (non-hydrogen) atoms. The number of aromatic nitrogens is 3. The van der Waals surface area contributed by atoms with Crippen LogP contribution in [-0.4, -0.2) is 26.0 Å². The van der Waals surface area contributed by atoms with Gasteiger partial charge in [-0.05, 0) is 26.2 Å². The fourth-order valence-corrected chi connectivity index (χ4v) is 1.72. The van der Waals surface area contributed by atoms with Crippen molar-refractivity contribution in [2.24, 2.45) is 0 Å². The molecular weight excluding hydrogens is 190 g/mol. The molecule has 1 heterocycles. The second-order valence-corrected chi connectivity index (χ2v) is 3.83. The molecule has 0 amide bonds. The van der Waals surface area contributed by atoms with Gasteiger partial charge in [-0.25, -0.2) is 4.98 Å². The monoisotopic (exact) mass is 211 g/mol. The highest BCUT2D eigenvalue weighted by Crippen LogP contribution is 2.07. The lowest BCUT2D eigenvalue weighted by molar-refractivity contribution is 0.151. The molecule has 0 spiro atoms. The Balaban J connectivity index is 2.25. The summed E-state index contributed by atoms with van der Waals surface area (Å²) >= 11 is 0. The van der Waals surface area contributed by atoms with Gasteiger partial charge in [-0.15, -0.1) is 0 Å². The molecule has 1 N–H and O–H groups in total. The Hall–Kier alpha value is -0.900. The van der Waals surface area contributed by atoms with Crippen LogP contribution in [0.5, 0.6) is 0 Å². The molecule has 0 bridgehead atoms. The van der Waals surface area contributed by atoms with Crippen molar-refractivity contribution < 1.29 is 5.11 Å². The topological polar surface area (TPSA) is 50.9 Å². The number of hydrogen-bond donors (Lipinski definition) is 1. The average Bonchev–Trinajstić information content (AvgIpc) is 2.66. The summed E-state index contributed by atoms with van der Waals surface area (Å²) in [5.41, 5.74) is 0. The Kier molecular flexibility index (Phi) is 5.32. The maximum atomic E-state index is 9.56. The van der Waals surface area contributed by atoms with Crippen LogP contribution < -0.4 is 0 Å². The van der Waals surface area contributed by atoms with Crippen LogP contribution in [-0.2, 0) is 13.0 Å². The van der Waals surface area contributed by atoms with Crippen molar-refractivity contribution in [3.05, 3.63) is 12.2 Å². The normalized spacial score (nSPS) is 13.0. The van der Waals surface area contributed by atoms with Crippen LogP contribution in [0.15, 0.2) is 6.33 Å². The second-order valence-electron chi connectivity index (χ2n) is 3.83. The van der Waals surface area contributed by atoms with Crippen molar-refractivity contribution in [2.75, 3.05) is 0 Å². The van der Waals surface area contributed by atoms with E-state index in [9.17, 15) is 5.11 Å².